The standard InChI is InChI=1S/C25H33BrN2O3/c1-5-20-11-12-23(22(26)15-20)31-17-24(29)28(14-13-21-9-7-6-8-10-21)19(4)25(30)27-16-18(2)3/h6-12,15,18-19H,5,13-14,16-17H2,1-4H3,(H,27,30)/t19-/m0/s1. The van der Waals surface area contributed by atoms with Crippen molar-refractivity contribution in [3.63, 3.8) is 0 Å². The number of ether oxygens (including phenoxy) is 1. The van der Waals surface area contributed by atoms with Gasteiger partial charge in [0.05, 0.1) is 4.47 Å². The van der Waals surface area contributed by atoms with E-state index in [1.165, 1.54) is 5.56 Å². The normalized spacial score (nSPS) is 11.8. The van der Waals surface area contributed by atoms with Crippen LogP contribution in [0.25, 0.3) is 0 Å². The van der Waals surface area contributed by atoms with Gasteiger partial charge in [0, 0.05) is 13.1 Å². The van der Waals surface area contributed by atoms with Crippen molar-refractivity contribution < 1.29 is 14.3 Å². The number of nitrogens with zero attached hydrogens (tertiary/aromatic N) is 1. The fourth-order valence-electron chi connectivity index (χ4n) is 3.13. The Balaban J connectivity index is 2.08. The average molecular weight is 489 g/mol. The highest BCUT2D eigenvalue weighted by Gasteiger charge is 2.26. The molecular formula is C25H33BrN2O3. The number of amides is 2. The van der Waals surface area contributed by atoms with Crippen LogP contribution in [0.2, 0.25) is 0 Å². The van der Waals surface area contributed by atoms with Crippen molar-refractivity contribution in [1.82, 2.24) is 10.2 Å². The lowest BCUT2D eigenvalue weighted by molar-refractivity contribution is -0.141. The minimum atomic E-state index is -0.579. The number of carbonyl (C=O) groups excluding carboxylic acids is 2. The van der Waals surface area contributed by atoms with Crippen molar-refractivity contribution in [2.24, 2.45) is 5.92 Å². The average Bonchev–Trinajstić information content (AvgIpc) is 2.77. The minimum Gasteiger partial charge on any atom is -0.483 e. The molecule has 1 N–H and O–H groups in total. The van der Waals surface area contributed by atoms with E-state index in [-0.39, 0.29) is 18.4 Å². The van der Waals surface area contributed by atoms with Crippen molar-refractivity contribution >= 4 is 27.7 Å². The number of carbonyl (C=O) groups is 2. The van der Waals surface area contributed by atoms with E-state index < -0.39 is 6.04 Å². The van der Waals surface area contributed by atoms with Crippen LogP contribution in [0, 0.1) is 5.92 Å². The summed E-state index contributed by atoms with van der Waals surface area (Å²) in [5, 5.41) is 2.93. The predicted octanol–water partition coefficient (Wildman–Crippen LogP) is 4.62. The second-order valence-corrected chi connectivity index (χ2v) is 8.90. The van der Waals surface area contributed by atoms with Crippen LogP contribution in [0.4, 0.5) is 0 Å². The van der Waals surface area contributed by atoms with Crippen LogP contribution in [-0.2, 0) is 22.4 Å². The lowest BCUT2D eigenvalue weighted by Gasteiger charge is -2.29. The first kappa shape index (κ1) is 24.9. The third-order valence-corrected chi connectivity index (χ3v) is 5.71. The van der Waals surface area contributed by atoms with Crippen LogP contribution < -0.4 is 10.1 Å². The molecular weight excluding hydrogens is 456 g/mol. The summed E-state index contributed by atoms with van der Waals surface area (Å²) in [5.41, 5.74) is 2.30. The molecule has 0 radical (unpaired) electrons. The molecule has 0 spiro atoms. The highest BCUT2D eigenvalue weighted by Crippen LogP contribution is 2.26. The Morgan fingerprint density at radius 3 is 2.39 bits per heavy atom. The van der Waals surface area contributed by atoms with E-state index in [1.54, 1.807) is 11.8 Å². The Kier molecular flexibility index (Phi) is 10.0. The van der Waals surface area contributed by atoms with Crippen LogP contribution in [0.1, 0.15) is 38.8 Å². The van der Waals surface area contributed by atoms with Gasteiger partial charge in [0.2, 0.25) is 5.91 Å². The van der Waals surface area contributed by atoms with Gasteiger partial charge in [-0.1, -0.05) is 57.2 Å². The van der Waals surface area contributed by atoms with Gasteiger partial charge in [-0.2, -0.15) is 0 Å². The smallest absolute Gasteiger partial charge is 0.261 e. The van der Waals surface area contributed by atoms with Gasteiger partial charge in [-0.25, -0.2) is 0 Å². The largest absolute Gasteiger partial charge is 0.483 e. The van der Waals surface area contributed by atoms with Gasteiger partial charge in [0.15, 0.2) is 6.61 Å². The molecule has 0 aliphatic rings. The van der Waals surface area contributed by atoms with Gasteiger partial charge in [0.25, 0.3) is 5.91 Å². The van der Waals surface area contributed by atoms with E-state index in [2.05, 4.69) is 28.2 Å². The number of nitrogens with one attached hydrogen (secondary N) is 1. The Morgan fingerprint density at radius 1 is 1.06 bits per heavy atom. The fraction of sp³-hybridized carbons (Fsp3) is 0.440. The molecule has 0 heterocycles. The number of aryl methyl sites for hydroxylation is 1. The first-order valence-electron chi connectivity index (χ1n) is 10.8. The second kappa shape index (κ2) is 12.5. The molecule has 5 nitrogen and oxygen atoms in total. The highest BCUT2D eigenvalue weighted by atomic mass is 79.9. The second-order valence-electron chi connectivity index (χ2n) is 8.04. The summed E-state index contributed by atoms with van der Waals surface area (Å²) in [6.45, 7) is 8.83. The number of hydrogen-bond donors (Lipinski definition) is 1. The highest BCUT2D eigenvalue weighted by molar-refractivity contribution is 9.10. The zero-order chi connectivity index (χ0) is 22.8. The van der Waals surface area contributed by atoms with E-state index in [0.29, 0.717) is 31.2 Å². The molecule has 0 bridgehead atoms. The van der Waals surface area contributed by atoms with Gasteiger partial charge in [0.1, 0.15) is 11.8 Å². The number of benzene rings is 2. The summed E-state index contributed by atoms with van der Waals surface area (Å²) in [5.74, 6) is 0.597. The molecule has 0 aliphatic carbocycles. The summed E-state index contributed by atoms with van der Waals surface area (Å²) >= 11 is 3.51. The van der Waals surface area contributed by atoms with Crippen LogP contribution in [-0.4, -0.2) is 42.5 Å². The zero-order valence-corrected chi connectivity index (χ0v) is 20.4. The van der Waals surface area contributed by atoms with Crippen LogP contribution in [0.3, 0.4) is 0 Å². The molecule has 0 saturated heterocycles. The van der Waals surface area contributed by atoms with Gasteiger partial charge in [-0.05, 0) is 64.9 Å². The summed E-state index contributed by atoms with van der Waals surface area (Å²) in [4.78, 5) is 27.3. The minimum absolute atomic E-state index is 0.124. The number of rotatable bonds is 11. The molecule has 168 valence electrons. The number of halogens is 1. The molecule has 0 saturated carbocycles. The Labute approximate surface area is 194 Å². The van der Waals surface area contributed by atoms with Gasteiger partial charge < -0.3 is 15.0 Å². The predicted molar refractivity (Wildman–Crippen MR) is 128 cm³/mol. The molecule has 2 aromatic carbocycles. The van der Waals surface area contributed by atoms with E-state index in [1.807, 2.05) is 62.4 Å². The number of hydrogen-bond acceptors (Lipinski definition) is 3. The van der Waals surface area contributed by atoms with Gasteiger partial charge in [-0.3, -0.25) is 9.59 Å². The third kappa shape index (κ3) is 8.02. The summed E-state index contributed by atoms with van der Waals surface area (Å²) in [6.07, 6.45) is 1.59. The van der Waals surface area contributed by atoms with Crippen LogP contribution in [0.5, 0.6) is 5.75 Å². The summed E-state index contributed by atoms with van der Waals surface area (Å²) in [6, 6.07) is 15.2. The summed E-state index contributed by atoms with van der Waals surface area (Å²) < 4.78 is 6.61. The molecule has 2 aromatic rings. The quantitative estimate of drug-likeness (QED) is 0.501. The fourth-order valence-corrected chi connectivity index (χ4v) is 3.67. The van der Waals surface area contributed by atoms with Gasteiger partial charge in [-0.15, -0.1) is 0 Å². The molecule has 0 fully saturated rings. The van der Waals surface area contributed by atoms with Gasteiger partial charge >= 0.3 is 0 Å². The zero-order valence-electron chi connectivity index (χ0n) is 18.9. The molecule has 6 heteroatoms. The maximum atomic E-state index is 13.1. The van der Waals surface area contributed by atoms with Crippen molar-refractivity contribution in [2.75, 3.05) is 19.7 Å². The first-order valence-corrected chi connectivity index (χ1v) is 11.6. The lowest BCUT2D eigenvalue weighted by Crippen LogP contribution is -2.50. The van der Waals surface area contributed by atoms with E-state index >= 15 is 0 Å². The maximum absolute atomic E-state index is 13.1. The molecule has 2 rings (SSSR count). The third-order valence-electron chi connectivity index (χ3n) is 5.09. The Morgan fingerprint density at radius 2 is 1.77 bits per heavy atom. The van der Waals surface area contributed by atoms with Crippen LogP contribution >= 0.6 is 15.9 Å². The molecule has 0 unspecified atom stereocenters. The van der Waals surface area contributed by atoms with Crippen molar-refractivity contribution in [3.8, 4) is 5.75 Å². The molecule has 0 aromatic heterocycles. The topological polar surface area (TPSA) is 58.6 Å². The monoisotopic (exact) mass is 488 g/mol. The summed E-state index contributed by atoms with van der Waals surface area (Å²) in [7, 11) is 0. The van der Waals surface area contributed by atoms with Crippen molar-refractivity contribution in [3.05, 3.63) is 64.1 Å². The van der Waals surface area contributed by atoms with Crippen molar-refractivity contribution in [2.45, 2.75) is 46.6 Å². The molecule has 2 amide bonds. The van der Waals surface area contributed by atoms with E-state index in [0.717, 1.165) is 16.5 Å². The molecule has 31 heavy (non-hydrogen) atoms. The lowest BCUT2D eigenvalue weighted by atomic mass is 10.1. The Bertz CT molecular complexity index is 855. The molecule has 0 aliphatic heterocycles. The van der Waals surface area contributed by atoms with E-state index in [9.17, 15) is 9.59 Å². The Hall–Kier alpha value is -2.34. The van der Waals surface area contributed by atoms with Crippen LogP contribution in [0.15, 0.2) is 53.0 Å². The SMILES string of the molecule is CCc1ccc(OCC(=O)N(CCc2ccccc2)[C@@H](C)C(=O)NCC(C)C)c(Br)c1. The molecule has 1 atom stereocenters. The maximum Gasteiger partial charge on any atom is 0.261 e. The van der Waals surface area contributed by atoms with Crippen molar-refractivity contribution in [1.29, 1.82) is 0 Å². The van der Waals surface area contributed by atoms with E-state index in [4.69, 9.17) is 4.74 Å². The first-order chi connectivity index (χ1) is 14.8.